The van der Waals surface area contributed by atoms with E-state index in [1.807, 2.05) is 23.6 Å². The lowest BCUT2D eigenvalue weighted by atomic mass is 10.1. The van der Waals surface area contributed by atoms with Gasteiger partial charge in [0, 0.05) is 12.5 Å². The van der Waals surface area contributed by atoms with Crippen molar-refractivity contribution in [1.29, 1.82) is 0 Å². The number of H-pyrrole nitrogens is 1. The zero-order valence-corrected chi connectivity index (χ0v) is 12.6. The fraction of sp³-hybridized carbons (Fsp3) is 0.333. The lowest BCUT2D eigenvalue weighted by molar-refractivity contribution is 0.456. The monoisotopic (exact) mass is 303 g/mol. The van der Waals surface area contributed by atoms with Gasteiger partial charge in [-0.3, -0.25) is 4.79 Å². The molecule has 2 N–H and O–H groups in total. The minimum atomic E-state index is -0.0601. The van der Waals surface area contributed by atoms with E-state index in [0.29, 0.717) is 23.1 Å². The van der Waals surface area contributed by atoms with E-state index in [2.05, 4.69) is 22.2 Å². The Morgan fingerprint density at radius 2 is 2.38 bits per heavy atom. The van der Waals surface area contributed by atoms with Crippen molar-refractivity contribution in [3.05, 3.63) is 51.8 Å². The summed E-state index contributed by atoms with van der Waals surface area (Å²) in [6.07, 6.45) is 3.56. The zero-order chi connectivity index (χ0) is 14.7. The van der Waals surface area contributed by atoms with E-state index in [-0.39, 0.29) is 5.56 Å². The highest BCUT2D eigenvalue weighted by Gasteiger charge is 2.07. The first-order chi connectivity index (χ1) is 10.2. The highest BCUT2D eigenvalue weighted by molar-refractivity contribution is 7.17. The molecule has 0 spiro atoms. The van der Waals surface area contributed by atoms with E-state index in [1.165, 1.54) is 11.3 Å². The van der Waals surface area contributed by atoms with Crippen molar-refractivity contribution in [2.75, 3.05) is 0 Å². The minimum Gasteiger partial charge on any atom is -0.469 e. The van der Waals surface area contributed by atoms with Crippen molar-refractivity contribution in [3.63, 3.8) is 0 Å². The zero-order valence-electron chi connectivity index (χ0n) is 11.8. The van der Waals surface area contributed by atoms with Gasteiger partial charge in [0.15, 0.2) is 0 Å². The average Bonchev–Trinajstić information content (AvgIpc) is 3.14. The molecule has 3 aromatic heterocycles. The summed E-state index contributed by atoms with van der Waals surface area (Å²) in [5, 5.41) is 5.26. The number of aromatic nitrogens is 2. The molecule has 0 aliphatic heterocycles. The first-order valence-electron chi connectivity index (χ1n) is 6.94. The first-order valence-corrected chi connectivity index (χ1v) is 7.82. The maximum absolute atomic E-state index is 11.9. The Balaban J connectivity index is 1.57. The lowest BCUT2D eigenvalue weighted by Gasteiger charge is -2.12. The van der Waals surface area contributed by atoms with Crippen molar-refractivity contribution in [3.8, 4) is 0 Å². The molecule has 0 fully saturated rings. The number of nitrogens with one attached hydrogen (secondary N) is 2. The molecule has 3 rings (SSSR count). The van der Waals surface area contributed by atoms with Crippen molar-refractivity contribution in [1.82, 2.24) is 15.3 Å². The van der Waals surface area contributed by atoms with E-state index < -0.39 is 0 Å². The van der Waals surface area contributed by atoms with Crippen molar-refractivity contribution in [2.45, 2.75) is 32.4 Å². The lowest BCUT2D eigenvalue weighted by Crippen LogP contribution is -2.28. The molecule has 1 unspecified atom stereocenters. The van der Waals surface area contributed by atoms with E-state index in [9.17, 15) is 4.79 Å². The Kier molecular flexibility index (Phi) is 4.17. The van der Waals surface area contributed by atoms with E-state index >= 15 is 0 Å². The van der Waals surface area contributed by atoms with Crippen LogP contribution in [0.3, 0.4) is 0 Å². The molecular weight excluding hydrogens is 286 g/mol. The topological polar surface area (TPSA) is 70.9 Å². The number of hydrogen-bond acceptors (Lipinski definition) is 5. The number of aryl methyl sites for hydroxylation is 1. The number of furan rings is 1. The van der Waals surface area contributed by atoms with Gasteiger partial charge in [0.2, 0.25) is 0 Å². The minimum absolute atomic E-state index is 0.0601. The second-order valence-corrected chi connectivity index (χ2v) is 5.96. The van der Waals surface area contributed by atoms with Crippen LogP contribution in [0.25, 0.3) is 10.2 Å². The molecule has 3 aromatic rings. The molecule has 0 saturated carbocycles. The van der Waals surface area contributed by atoms with Crippen LogP contribution in [-0.2, 0) is 13.0 Å². The van der Waals surface area contributed by atoms with Gasteiger partial charge in [-0.05, 0) is 36.9 Å². The molecular formula is C15H17N3O2S. The van der Waals surface area contributed by atoms with Gasteiger partial charge in [0.1, 0.15) is 16.3 Å². The molecule has 0 aliphatic carbocycles. The summed E-state index contributed by atoms with van der Waals surface area (Å²) < 4.78 is 6.00. The van der Waals surface area contributed by atoms with Gasteiger partial charge in [0.25, 0.3) is 5.56 Å². The summed E-state index contributed by atoms with van der Waals surface area (Å²) in [5.74, 6) is 1.67. The van der Waals surface area contributed by atoms with Crippen LogP contribution in [0.1, 0.15) is 24.9 Å². The largest absolute Gasteiger partial charge is 0.469 e. The van der Waals surface area contributed by atoms with Crippen LogP contribution in [0.5, 0.6) is 0 Å². The van der Waals surface area contributed by atoms with Gasteiger partial charge in [-0.1, -0.05) is 0 Å². The molecule has 0 aliphatic rings. The Labute approximate surface area is 126 Å². The maximum atomic E-state index is 11.9. The average molecular weight is 303 g/mol. The van der Waals surface area contributed by atoms with Gasteiger partial charge >= 0.3 is 0 Å². The van der Waals surface area contributed by atoms with Crippen molar-refractivity contribution in [2.24, 2.45) is 0 Å². The van der Waals surface area contributed by atoms with Gasteiger partial charge in [-0.25, -0.2) is 4.98 Å². The number of nitrogens with zero attached hydrogens (tertiary/aromatic N) is 1. The highest BCUT2D eigenvalue weighted by Crippen LogP contribution is 2.13. The van der Waals surface area contributed by atoms with E-state index in [1.54, 1.807) is 6.26 Å². The Morgan fingerprint density at radius 3 is 3.19 bits per heavy atom. The number of aromatic amines is 1. The SMILES string of the molecule is CC(CCc1ccco1)NCc1nc2ccsc2c(=O)[nH]1. The Morgan fingerprint density at radius 1 is 1.48 bits per heavy atom. The highest BCUT2D eigenvalue weighted by atomic mass is 32.1. The third kappa shape index (κ3) is 3.40. The molecule has 5 nitrogen and oxygen atoms in total. The Bertz CT molecular complexity index is 761. The molecule has 3 heterocycles. The molecule has 6 heteroatoms. The van der Waals surface area contributed by atoms with Gasteiger partial charge in [-0.15, -0.1) is 11.3 Å². The third-order valence-electron chi connectivity index (χ3n) is 3.39. The summed E-state index contributed by atoms with van der Waals surface area (Å²) in [7, 11) is 0. The standard InChI is InChI=1S/C15H17N3O2S/c1-10(4-5-11-3-2-7-20-11)16-9-13-17-12-6-8-21-14(12)15(19)18-13/h2-3,6-8,10,16H,4-5,9H2,1H3,(H,17,18,19). The third-order valence-corrected chi connectivity index (χ3v) is 4.29. The second-order valence-electron chi connectivity index (χ2n) is 5.05. The van der Waals surface area contributed by atoms with Crippen LogP contribution >= 0.6 is 11.3 Å². The van der Waals surface area contributed by atoms with Crippen LogP contribution in [0, 0.1) is 0 Å². The van der Waals surface area contributed by atoms with Crippen LogP contribution in [0.2, 0.25) is 0 Å². The van der Waals surface area contributed by atoms with Crippen LogP contribution < -0.4 is 10.9 Å². The maximum Gasteiger partial charge on any atom is 0.268 e. The van der Waals surface area contributed by atoms with Crippen LogP contribution in [-0.4, -0.2) is 16.0 Å². The molecule has 0 radical (unpaired) electrons. The molecule has 0 saturated heterocycles. The molecule has 21 heavy (non-hydrogen) atoms. The van der Waals surface area contributed by atoms with Gasteiger partial charge in [-0.2, -0.15) is 0 Å². The first kappa shape index (κ1) is 14.0. The fourth-order valence-corrected chi connectivity index (χ4v) is 2.92. The van der Waals surface area contributed by atoms with E-state index in [0.717, 1.165) is 24.1 Å². The molecule has 0 aromatic carbocycles. The normalized spacial score (nSPS) is 12.8. The van der Waals surface area contributed by atoms with E-state index in [4.69, 9.17) is 4.42 Å². The van der Waals surface area contributed by atoms with Crippen molar-refractivity contribution >= 4 is 21.6 Å². The summed E-state index contributed by atoms with van der Waals surface area (Å²) >= 11 is 1.42. The Hall–Kier alpha value is -1.92. The van der Waals surface area contributed by atoms with Crippen molar-refractivity contribution < 1.29 is 4.42 Å². The predicted octanol–water partition coefficient (Wildman–Crippen LogP) is 2.69. The summed E-state index contributed by atoms with van der Waals surface area (Å²) in [6, 6.07) is 6.08. The number of rotatable bonds is 6. The summed E-state index contributed by atoms with van der Waals surface area (Å²) in [5.41, 5.74) is 0.707. The molecule has 110 valence electrons. The van der Waals surface area contributed by atoms with Gasteiger partial charge < -0.3 is 14.7 Å². The van der Waals surface area contributed by atoms with Crippen LogP contribution in [0.4, 0.5) is 0 Å². The second kappa shape index (κ2) is 6.24. The number of hydrogen-bond donors (Lipinski definition) is 2. The summed E-state index contributed by atoms with van der Waals surface area (Å²) in [4.78, 5) is 19.1. The number of thiophene rings is 1. The number of fused-ring (bicyclic) bond motifs is 1. The molecule has 1 atom stereocenters. The van der Waals surface area contributed by atoms with Crippen LogP contribution in [0.15, 0.2) is 39.1 Å². The quantitative estimate of drug-likeness (QED) is 0.734. The van der Waals surface area contributed by atoms with Gasteiger partial charge in [0.05, 0.1) is 18.3 Å². The predicted molar refractivity (Wildman–Crippen MR) is 83.6 cm³/mol. The summed E-state index contributed by atoms with van der Waals surface area (Å²) in [6.45, 7) is 2.67. The molecule has 0 amide bonds. The smallest absolute Gasteiger partial charge is 0.268 e. The molecule has 0 bridgehead atoms. The fourth-order valence-electron chi connectivity index (χ4n) is 2.19.